The summed E-state index contributed by atoms with van der Waals surface area (Å²) in [6, 6.07) is 0. The van der Waals surface area contributed by atoms with Crippen molar-refractivity contribution in [2.45, 2.75) is 251 Å². The van der Waals surface area contributed by atoms with Crippen molar-refractivity contribution >= 4 is 19.8 Å². The Hall–Kier alpha value is -0.990. The van der Waals surface area contributed by atoms with Gasteiger partial charge in [0.05, 0.1) is 27.7 Å². The van der Waals surface area contributed by atoms with E-state index in [0.29, 0.717) is 17.4 Å². The van der Waals surface area contributed by atoms with Crippen molar-refractivity contribution in [1.29, 1.82) is 0 Å². The summed E-state index contributed by atoms with van der Waals surface area (Å²) in [7, 11) is 1.50. The van der Waals surface area contributed by atoms with Crippen molar-refractivity contribution < 1.29 is 42.1 Å². The molecule has 0 amide bonds. The summed E-state index contributed by atoms with van der Waals surface area (Å²) in [6.45, 7) is 4.48. The van der Waals surface area contributed by atoms with Crippen LogP contribution in [0.5, 0.6) is 0 Å². The molecule has 0 bridgehead atoms. The summed E-state index contributed by atoms with van der Waals surface area (Å²) in [5, 5.41) is 0. The highest BCUT2D eigenvalue weighted by Gasteiger charge is 2.27. The number of rotatable bonds is 46. The van der Waals surface area contributed by atoms with Crippen molar-refractivity contribution in [3.8, 4) is 0 Å². The molecule has 0 rings (SSSR count). The average Bonchev–Trinajstić information content (AvgIpc) is 3.17. The van der Waals surface area contributed by atoms with Gasteiger partial charge in [0, 0.05) is 12.8 Å². The number of hydrogen-bond donors (Lipinski definition) is 1. The first-order valence-electron chi connectivity index (χ1n) is 24.8. The van der Waals surface area contributed by atoms with Gasteiger partial charge < -0.3 is 18.9 Å². The van der Waals surface area contributed by atoms with E-state index in [4.69, 9.17) is 18.5 Å². The molecular weight excluding hydrogens is 750 g/mol. The Morgan fingerprint density at radius 3 is 1.10 bits per heavy atom. The summed E-state index contributed by atoms with van der Waals surface area (Å²) in [6.07, 6.45) is 42.9. The zero-order valence-corrected chi connectivity index (χ0v) is 40.0. The topological polar surface area (TPSA) is 108 Å². The van der Waals surface area contributed by atoms with Crippen molar-refractivity contribution in [2.75, 3.05) is 47.5 Å². The minimum Gasteiger partial charge on any atom is -0.462 e. The van der Waals surface area contributed by atoms with Gasteiger partial charge in [-0.15, -0.1) is 0 Å². The zero-order chi connectivity index (χ0) is 42.8. The van der Waals surface area contributed by atoms with E-state index in [1.807, 2.05) is 21.1 Å². The molecule has 0 aliphatic heterocycles. The van der Waals surface area contributed by atoms with E-state index in [9.17, 15) is 19.0 Å². The highest BCUT2D eigenvalue weighted by Crippen LogP contribution is 2.43. The van der Waals surface area contributed by atoms with Crippen molar-refractivity contribution in [1.82, 2.24) is 0 Å². The zero-order valence-electron chi connectivity index (χ0n) is 39.1. The maximum absolute atomic E-state index is 12.7. The number of hydrogen-bond acceptors (Lipinski definition) is 7. The third kappa shape index (κ3) is 44.6. The molecule has 58 heavy (non-hydrogen) atoms. The first-order chi connectivity index (χ1) is 28.0. The first-order valence-corrected chi connectivity index (χ1v) is 26.3. The van der Waals surface area contributed by atoms with Gasteiger partial charge in [-0.2, -0.15) is 0 Å². The van der Waals surface area contributed by atoms with Crippen LogP contribution in [0.4, 0.5) is 0 Å². The molecule has 0 aliphatic rings. The van der Waals surface area contributed by atoms with E-state index in [1.54, 1.807) is 0 Å². The Morgan fingerprint density at radius 2 is 0.776 bits per heavy atom. The highest BCUT2D eigenvalue weighted by molar-refractivity contribution is 7.47. The molecule has 2 atom stereocenters. The standard InChI is InChI=1S/C48H96NO8P/c1-6-8-10-12-14-16-18-20-22-24-26-28-30-32-34-36-38-40-47(50)54-44-46(45-56-58(52,53)55-43-42-49(3,4)5)57-48(51)41-39-37-35-33-31-29-27-25-23-21-19-17-15-13-11-9-7-2/h46H,6-45H2,1-5H3/p+1/t46-/m1/s1. The fourth-order valence-corrected chi connectivity index (χ4v) is 7.99. The molecule has 0 saturated carbocycles. The molecular formula is C48H97NO8P+. The van der Waals surface area contributed by atoms with Crippen LogP contribution in [0.3, 0.4) is 0 Å². The Morgan fingerprint density at radius 1 is 0.466 bits per heavy atom. The third-order valence-corrected chi connectivity index (χ3v) is 12.1. The van der Waals surface area contributed by atoms with E-state index in [1.165, 1.54) is 180 Å². The van der Waals surface area contributed by atoms with Crippen LogP contribution in [0.25, 0.3) is 0 Å². The largest absolute Gasteiger partial charge is 0.472 e. The number of likely N-dealkylation sites (N-methyl/N-ethyl adjacent to an activating group) is 1. The molecule has 1 N–H and O–H groups in total. The predicted molar refractivity (Wildman–Crippen MR) is 243 cm³/mol. The number of phosphoric ester groups is 1. The van der Waals surface area contributed by atoms with Gasteiger partial charge in [-0.05, 0) is 12.8 Å². The van der Waals surface area contributed by atoms with Gasteiger partial charge in [-0.25, -0.2) is 4.57 Å². The smallest absolute Gasteiger partial charge is 0.462 e. The molecule has 10 heteroatoms. The second-order valence-corrected chi connectivity index (χ2v) is 19.7. The molecule has 0 saturated heterocycles. The lowest BCUT2D eigenvalue weighted by molar-refractivity contribution is -0.870. The minimum absolute atomic E-state index is 0.0371. The van der Waals surface area contributed by atoms with Crippen LogP contribution in [0, 0.1) is 0 Å². The van der Waals surface area contributed by atoms with E-state index < -0.39 is 26.5 Å². The molecule has 1 unspecified atom stereocenters. The predicted octanol–water partition coefficient (Wildman–Crippen LogP) is 14.4. The van der Waals surface area contributed by atoms with Gasteiger partial charge in [0.1, 0.15) is 19.8 Å². The molecule has 0 aliphatic carbocycles. The molecule has 346 valence electrons. The summed E-state index contributed by atoms with van der Waals surface area (Å²) in [5.74, 6) is -0.779. The van der Waals surface area contributed by atoms with Crippen molar-refractivity contribution in [3.63, 3.8) is 0 Å². The maximum atomic E-state index is 12.7. The van der Waals surface area contributed by atoms with Gasteiger partial charge in [-0.3, -0.25) is 18.6 Å². The van der Waals surface area contributed by atoms with E-state index in [-0.39, 0.29) is 25.6 Å². The number of carbonyl (C=O) groups excluding carboxylic acids is 2. The fraction of sp³-hybridized carbons (Fsp3) is 0.958. The number of nitrogens with zero attached hydrogens (tertiary/aromatic N) is 1. The van der Waals surface area contributed by atoms with Gasteiger partial charge in [-0.1, -0.05) is 219 Å². The number of esters is 2. The summed E-state index contributed by atoms with van der Waals surface area (Å²) in [4.78, 5) is 35.5. The molecule has 0 heterocycles. The van der Waals surface area contributed by atoms with Gasteiger partial charge in [0.25, 0.3) is 0 Å². The fourth-order valence-electron chi connectivity index (χ4n) is 7.25. The average molecular weight is 847 g/mol. The van der Waals surface area contributed by atoms with Crippen LogP contribution in [0.1, 0.15) is 245 Å². The van der Waals surface area contributed by atoms with Gasteiger partial charge in [0.2, 0.25) is 0 Å². The van der Waals surface area contributed by atoms with Gasteiger partial charge >= 0.3 is 19.8 Å². The van der Waals surface area contributed by atoms with Crippen LogP contribution in [0.15, 0.2) is 0 Å². The van der Waals surface area contributed by atoms with Crippen LogP contribution in [-0.4, -0.2) is 74.9 Å². The van der Waals surface area contributed by atoms with Crippen LogP contribution in [-0.2, 0) is 32.7 Å². The lowest BCUT2D eigenvalue weighted by atomic mass is 10.0. The lowest BCUT2D eigenvalue weighted by Gasteiger charge is -2.24. The number of ether oxygens (including phenoxy) is 2. The molecule has 0 aromatic heterocycles. The van der Waals surface area contributed by atoms with Crippen molar-refractivity contribution in [2.24, 2.45) is 0 Å². The Kier molecular flexibility index (Phi) is 40.7. The Labute approximate surface area is 359 Å². The van der Waals surface area contributed by atoms with E-state index in [2.05, 4.69) is 13.8 Å². The summed E-state index contributed by atoms with van der Waals surface area (Å²) >= 11 is 0. The molecule has 0 aromatic rings. The van der Waals surface area contributed by atoms with Crippen LogP contribution >= 0.6 is 7.82 Å². The molecule has 0 aromatic carbocycles. The maximum Gasteiger partial charge on any atom is 0.472 e. The minimum atomic E-state index is -4.37. The van der Waals surface area contributed by atoms with E-state index >= 15 is 0 Å². The molecule has 0 radical (unpaired) electrons. The number of carbonyl (C=O) groups is 2. The number of quaternary nitrogens is 1. The molecule has 9 nitrogen and oxygen atoms in total. The first kappa shape index (κ1) is 57.0. The quantitative estimate of drug-likeness (QED) is 0.0279. The van der Waals surface area contributed by atoms with Crippen molar-refractivity contribution in [3.05, 3.63) is 0 Å². The van der Waals surface area contributed by atoms with Gasteiger partial charge in [0.15, 0.2) is 6.10 Å². The normalized spacial score (nSPS) is 13.4. The Bertz CT molecular complexity index is 958. The third-order valence-electron chi connectivity index (χ3n) is 11.1. The SMILES string of the molecule is CCCCCCCCCCCCCCCCCCCC(=O)OC[C@H](COP(=O)(O)OCC[N+](C)(C)C)OC(=O)CCCCCCCCCCCCCCCCCCC. The van der Waals surface area contributed by atoms with Crippen LogP contribution in [0.2, 0.25) is 0 Å². The lowest BCUT2D eigenvalue weighted by Crippen LogP contribution is -2.37. The summed E-state index contributed by atoms with van der Waals surface area (Å²) < 4.78 is 34.4. The number of unbranched alkanes of at least 4 members (excludes halogenated alkanes) is 32. The molecule has 0 spiro atoms. The van der Waals surface area contributed by atoms with Crippen LogP contribution < -0.4 is 0 Å². The molecule has 0 fully saturated rings. The Balaban J connectivity index is 4.23. The monoisotopic (exact) mass is 847 g/mol. The number of phosphoric acid groups is 1. The van der Waals surface area contributed by atoms with E-state index in [0.717, 1.165) is 38.5 Å². The second kappa shape index (κ2) is 41.4. The highest BCUT2D eigenvalue weighted by atomic mass is 31.2. The summed E-state index contributed by atoms with van der Waals surface area (Å²) in [5.41, 5.74) is 0. The second-order valence-electron chi connectivity index (χ2n) is 18.2.